The molecule has 3 N–H and O–H groups in total. The van der Waals surface area contributed by atoms with Crippen molar-refractivity contribution in [1.29, 1.82) is 0 Å². The lowest BCUT2D eigenvalue weighted by Gasteiger charge is -2.20. The van der Waals surface area contributed by atoms with Gasteiger partial charge in [-0.25, -0.2) is 0 Å². The zero-order valence-electron chi connectivity index (χ0n) is 9.06. The molecule has 1 aromatic carbocycles. The summed E-state index contributed by atoms with van der Waals surface area (Å²) in [6.07, 6.45) is 0. The summed E-state index contributed by atoms with van der Waals surface area (Å²) in [5, 5.41) is 8.90. The van der Waals surface area contributed by atoms with Gasteiger partial charge in [-0.05, 0) is 31.5 Å². The molecule has 4 heteroatoms. The van der Waals surface area contributed by atoms with Gasteiger partial charge in [-0.15, -0.1) is 0 Å². The molecule has 2 nitrogen and oxygen atoms in total. The van der Waals surface area contributed by atoms with E-state index < -0.39 is 0 Å². The Morgan fingerprint density at radius 3 is 2.33 bits per heavy atom. The zero-order valence-corrected chi connectivity index (χ0v) is 10.7. The Kier molecular flexibility index (Phi) is 4.99. The van der Waals surface area contributed by atoms with E-state index in [9.17, 15) is 0 Å². The van der Waals surface area contributed by atoms with Crippen LogP contribution in [0.1, 0.15) is 19.4 Å². The average Bonchev–Trinajstić information content (AvgIpc) is 2.27. The third kappa shape index (κ3) is 4.47. The molecule has 0 atom stereocenters. The molecule has 0 aromatic heterocycles. The highest BCUT2D eigenvalue weighted by Gasteiger charge is 2.16. The van der Waals surface area contributed by atoms with Gasteiger partial charge in [-0.1, -0.05) is 33.7 Å². The van der Waals surface area contributed by atoms with E-state index in [0.717, 1.165) is 5.56 Å². The highest BCUT2D eigenvalue weighted by Crippen LogP contribution is 2.39. The fourth-order valence-electron chi connectivity index (χ4n) is 0.845. The number of benzene rings is 1. The maximum Gasteiger partial charge on any atom is 0.0681 e. The number of hydrogen-bond donors (Lipinski definition) is 2. The number of nitrogens with two attached hydrogens (primary N) is 1. The molecule has 0 aliphatic rings. The molecule has 0 fully saturated rings. The molecule has 0 unspecified atom stereocenters. The molecule has 0 amide bonds. The summed E-state index contributed by atoms with van der Waals surface area (Å²) in [5.41, 5.74) is 6.60. The first kappa shape index (κ1) is 12.9. The van der Waals surface area contributed by atoms with E-state index in [1.165, 1.54) is 4.90 Å². The van der Waals surface area contributed by atoms with E-state index in [2.05, 4.69) is 13.8 Å². The Labute approximate surface area is 99.0 Å². The summed E-state index contributed by atoms with van der Waals surface area (Å²) in [4.78, 5) is 1.19. The maximum absolute atomic E-state index is 8.90. The van der Waals surface area contributed by atoms with Crippen LogP contribution in [0.15, 0.2) is 29.2 Å². The minimum atomic E-state index is 0.0975. The fraction of sp³-hybridized carbons (Fsp3) is 0.455. The van der Waals surface area contributed by atoms with Crippen molar-refractivity contribution in [3.05, 3.63) is 29.8 Å². The lowest BCUT2D eigenvalue weighted by atomic mass is 10.2. The van der Waals surface area contributed by atoms with Crippen LogP contribution in [0.2, 0.25) is 0 Å². The van der Waals surface area contributed by atoms with Gasteiger partial charge in [0.25, 0.3) is 0 Å². The number of rotatable bonds is 5. The van der Waals surface area contributed by atoms with Crippen molar-refractivity contribution in [3.63, 3.8) is 0 Å². The van der Waals surface area contributed by atoms with E-state index in [4.69, 9.17) is 10.8 Å². The Morgan fingerprint density at radius 1 is 1.27 bits per heavy atom. The van der Waals surface area contributed by atoms with Crippen LogP contribution in [0.3, 0.4) is 0 Å². The summed E-state index contributed by atoms with van der Waals surface area (Å²) >= 11 is 0. The summed E-state index contributed by atoms with van der Waals surface area (Å²) in [6, 6.07) is 7.93. The van der Waals surface area contributed by atoms with Crippen molar-refractivity contribution < 1.29 is 5.11 Å². The Morgan fingerprint density at radius 2 is 1.87 bits per heavy atom. The average molecular weight is 243 g/mol. The first-order valence-corrected chi connectivity index (χ1v) is 6.98. The molecule has 1 rings (SSSR count). The van der Waals surface area contributed by atoms with Crippen LogP contribution in [0.5, 0.6) is 0 Å². The highest BCUT2D eigenvalue weighted by atomic mass is 33.1. The third-order valence-corrected chi connectivity index (χ3v) is 5.31. The van der Waals surface area contributed by atoms with E-state index in [0.29, 0.717) is 6.54 Å². The Balaban J connectivity index is 2.51. The molecule has 0 bridgehead atoms. The smallest absolute Gasteiger partial charge is 0.0681 e. The van der Waals surface area contributed by atoms with Gasteiger partial charge >= 0.3 is 0 Å². The summed E-state index contributed by atoms with van der Waals surface area (Å²) < 4.78 is 0.0975. The lowest BCUT2D eigenvalue weighted by Crippen LogP contribution is -2.25. The SMILES string of the molecule is CC(C)(CN)SSc1ccc(CO)cc1. The van der Waals surface area contributed by atoms with Crippen molar-refractivity contribution in [2.24, 2.45) is 5.73 Å². The van der Waals surface area contributed by atoms with Gasteiger partial charge in [-0.2, -0.15) is 0 Å². The topological polar surface area (TPSA) is 46.2 Å². The molecule has 84 valence electrons. The monoisotopic (exact) mass is 243 g/mol. The lowest BCUT2D eigenvalue weighted by molar-refractivity contribution is 0.282. The fourth-order valence-corrected chi connectivity index (χ4v) is 2.99. The van der Waals surface area contributed by atoms with Crippen LogP contribution in [0, 0.1) is 0 Å². The second kappa shape index (κ2) is 5.80. The van der Waals surface area contributed by atoms with Gasteiger partial charge in [0.15, 0.2) is 0 Å². The minimum absolute atomic E-state index is 0.0975. The summed E-state index contributed by atoms with van der Waals surface area (Å²) in [6.45, 7) is 5.03. The van der Waals surface area contributed by atoms with Crippen LogP contribution in [0.4, 0.5) is 0 Å². The molecule has 1 aromatic rings. The van der Waals surface area contributed by atoms with E-state index >= 15 is 0 Å². The molecule has 0 saturated carbocycles. The highest BCUT2D eigenvalue weighted by molar-refractivity contribution is 8.77. The van der Waals surface area contributed by atoms with Crippen LogP contribution < -0.4 is 5.73 Å². The van der Waals surface area contributed by atoms with Gasteiger partial charge < -0.3 is 10.8 Å². The third-order valence-electron chi connectivity index (χ3n) is 1.96. The molecule has 0 heterocycles. The molecular formula is C11H17NOS2. The second-order valence-corrected chi connectivity index (χ2v) is 6.84. The van der Waals surface area contributed by atoms with E-state index in [1.807, 2.05) is 24.3 Å². The molecule has 0 saturated heterocycles. The predicted octanol–water partition coefficient (Wildman–Crippen LogP) is 2.66. The van der Waals surface area contributed by atoms with Crippen molar-refractivity contribution in [2.45, 2.75) is 30.1 Å². The molecule has 0 aliphatic heterocycles. The standard InChI is InChI=1S/C11H17NOS2/c1-11(2,8-12)15-14-10-5-3-9(7-13)4-6-10/h3-6,13H,7-8,12H2,1-2H3. The molecule has 15 heavy (non-hydrogen) atoms. The Hall–Kier alpha value is -0.160. The summed E-state index contributed by atoms with van der Waals surface area (Å²) in [5.74, 6) is 0. The van der Waals surface area contributed by atoms with E-state index in [1.54, 1.807) is 21.6 Å². The van der Waals surface area contributed by atoms with Crippen LogP contribution in [-0.4, -0.2) is 16.4 Å². The largest absolute Gasteiger partial charge is 0.392 e. The van der Waals surface area contributed by atoms with Crippen molar-refractivity contribution in [2.75, 3.05) is 6.54 Å². The van der Waals surface area contributed by atoms with Gasteiger partial charge in [0.2, 0.25) is 0 Å². The first-order valence-electron chi connectivity index (χ1n) is 4.83. The van der Waals surface area contributed by atoms with Gasteiger partial charge in [0, 0.05) is 16.2 Å². The van der Waals surface area contributed by atoms with Crippen LogP contribution >= 0.6 is 21.6 Å². The zero-order chi connectivity index (χ0) is 11.3. The van der Waals surface area contributed by atoms with Gasteiger partial charge in [-0.3, -0.25) is 0 Å². The maximum atomic E-state index is 8.90. The number of aliphatic hydroxyl groups excluding tert-OH is 1. The first-order chi connectivity index (χ1) is 7.07. The number of aliphatic hydroxyl groups is 1. The molecule has 0 radical (unpaired) electrons. The van der Waals surface area contributed by atoms with Gasteiger partial charge in [0.1, 0.15) is 0 Å². The van der Waals surface area contributed by atoms with Crippen molar-refractivity contribution in [3.8, 4) is 0 Å². The molecule has 0 spiro atoms. The molecule has 0 aliphatic carbocycles. The van der Waals surface area contributed by atoms with Gasteiger partial charge in [0.05, 0.1) is 6.61 Å². The Bertz CT molecular complexity index is 298. The summed E-state index contributed by atoms with van der Waals surface area (Å²) in [7, 11) is 3.50. The minimum Gasteiger partial charge on any atom is -0.392 e. The molecular weight excluding hydrogens is 226 g/mol. The quantitative estimate of drug-likeness (QED) is 0.781. The van der Waals surface area contributed by atoms with Crippen molar-refractivity contribution in [1.82, 2.24) is 0 Å². The second-order valence-electron chi connectivity index (χ2n) is 3.93. The number of hydrogen-bond acceptors (Lipinski definition) is 4. The van der Waals surface area contributed by atoms with E-state index in [-0.39, 0.29) is 11.4 Å². The van der Waals surface area contributed by atoms with Crippen molar-refractivity contribution >= 4 is 21.6 Å². The normalized spacial score (nSPS) is 11.7. The van der Waals surface area contributed by atoms with Crippen LogP contribution in [0.25, 0.3) is 0 Å². The van der Waals surface area contributed by atoms with Crippen LogP contribution in [-0.2, 0) is 6.61 Å². The predicted molar refractivity (Wildman–Crippen MR) is 68.9 cm³/mol.